The minimum Gasteiger partial charge on any atom is -0.508 e. The molecule has 4 heteroatoms. The Morgan fingerprint density at radius 1 is 1.33 bits per heavy atom. The van der Waals surface area contributed by atoms with Crippen LogP contribution in [0.2, 0.25) is 0 Å². The second-order valence-electron chi connectivity index (χ2n) is 3.69. The quantitative estimate of drug-likeness (QED) is 0.788. The van der Waals surface area contributed by atoms with Gasteiger partial charge in [0.15, 0.2) is 5.60 Å². The lowest BCUT2D eigenvalue weighted by Gasteiger charge is -2.24. The van der Waals surface area contributed by atoms with Gasteiger partial charge in [-0.15, -0.1) is 0 Å². The van der Waals surface area contributed by atoms with Crippen molar-refractivity contribution < 1.29 is 14.6 Å². The predicted molar refractivity (Wildman–Crippen MR) is 56.9 cm³/mol. The molecule has 0 atom stereocenters. The molecule has 0 spiro atoms. The van der Waals surface area contributed by atoms with Crippen LogP contribution in [0.5, 0.6) is 11.5 Å². The number of carbonyl (C=O) groups excluding carboxylic acids is 1. The molecule has 0 fully saturated rings. The van der Waals surface area contributed by atoms with E-state index in [1.54, 1.807) is 33.0 Å². The molecular weight excluding hydrogens is 194 g/mol. The van der Waals surface area contributed by atoms with Gasteiger partial charge in [0, 0.05) is 7.05 Å². The molecule has 0 radical (unpaired) electrons. The van der Waals surface area contributed by atoms with Crippen molar-refractivity contribution in [2.75, 3.05) is 7.05 Å². The summed E-state index contributed by atoms with van der Waals surface area (Å²) in [6.45, 7) is 3.36. The number of hydrogen-bond donors (Lipinski definition) is 2. The number of likely N-dealkylation sites (N-methyl/N-ethyl adjacent to an activating group) is 1. The van der Waals surface area contributed by atoms with Crippen LogP contribution in [-0.2, 0) is 4.79 Å². The van der Waals surface area contributed by atoms with E-state index >= 15 is 0 Å². The van der Waals surface area contributed by atoms with Crippen LogP contribution < -0.4 is 10.1 Å². The third-order valence-electron chi connectivity index (χ3n) is 1.98. The van der Waals surface area contributed by atoms with Crippen LogP contribution >= 0.6 is 0 Å². The van der Waals surface area contributed by atoms with E-state index in [9.17, 15) is 4.79 Å². The smallest absolute Gasteiger partial charge is 0.263 e. The third kappa shape index (κ3) is 2.87. The number of aromatic hydroxyl groups is 1. The highest BCUT2D eigenvalue weighted by atomic mass is 16.5. The highest BCUT2D eigenvalue weighted by Gasteiger charge is 2.28. The number of phenols is 1. The lowest BCUT2D eigenvalue weighted by molar-refractivity contribution is -0.133. The van der Waals surface area contributed by atoms with Gasteiger partial charge in [0.05, 0.1) is 0 Å². The molecule has 1 amide bonds. The maximum Gasteiger partial charge on any atom is 0.263 e. The molecule has 1 rings (SSSR count). The molecule has 0 aliphatic rings. The Morgan fingerprint density at radius 2 is 1.87 bits per heavy atom. The number of carbonyl (C=O) groups is 1. The fourth-order valence-corrected chi connectivity index (χ4v) is 1.16. The second-order valence-corrected chi connectivity index (χ2v) is 3.69. The topological polar surface area (TPSA) is 58.6 Å². The summed E-state index contributed by atoms with van der Waals surface area (Å²) in [5.74, 6) is 0.511. The zero-order chi connectivity index (χ0) is 11.5. The Labute approximate surface area is 88.9 Å². The monoisotopic (exact) mass is 209 g/mol. The van der Waals surface area contributed by atoms with Gasteiger partial charge in [-0.1, -0.05) is 0 Å². The van der Waals surface area contributed by atoms with Crippen LogP contribution in [0, 0.1) is 0 Å². The number of benzene rings is 1. The zero-order valence-electron chi connectivity index (χ0n) is 9.07. The van der Waals surface area contributed by atoms with E-state index in [1.807, 2.05) is 0 Å². The maximum atomic E-state index is 11.4. The molecule has 0 saturated carbocycles. The van der Waals surface area contributed by atoms with Crippen molar-refractivity contribution in [1.29, 1.82) is 0 Å². The van der Waals surface area contributed by atoms with Gasteiger partial charge in [-0.25, -0.2) is 0 Å². The van der Waals surface area contributed by atoms with Gasteiger partial charge in [0.1, 0.15) is 11.5 Å². The lowest BCUT2D eigenvalue weighted by Crippen LogP contribution is -2.45. The Bertz CT molecular complexity index is 343. The van der Waals surface area contributed by atoms with Gasteiger partial charge < -0.3 is 15.2 Å². The second kappa shape index (κ2) is 4.21. The standard InChI is InChI=1S/C11H15NO3/c1-11(2,10(14)12-3)15-9-6-4-8(13)5-7-9/h4-7,13H,1-3H3,(H,12,14). The maximum absolute atomic E-state index is 11.4. The van der Waals surface area contributed by atoms with Crippen molar-refractivity contribution in [3.05, 3.63) is 24.3 Å². The average Bonchev–Trinajstić information content (AvgIpc) is 2.20. The minimum atomic E-state index is -0.925. The molecule has 0 bridgehead atoms. The number of nitrogens with one attached hydrogen (secondary N) is 1. The predicted octanol–water partition coefficient (Wildman–Crippen LogP) is 1.30. The molecule has 82 valence electrons. The van der Waals surface area contributed by atoms with Gasteiger partial charge in [-0.2, -0.15) is 0 Å². The third-order valence-corrected chi connectivity index (χ3v) is 1.98. The van der Waals surface area contributed by atoms with E-state index in [2.05, 4.69) is 5.32 Å². The molecule has 0 saturated heterocycles. The number of phenolic OH excluding ortho intramolecular Hbond substituents is 1. The van der Waals surface area contributed by atoms with Crippen molar-refractivity contribution in [3.8, 4) is 11.5 Å². The number of amides is 1. The molecule has 0 aliphatic carbocycles. The van der Waals surface area contributed by atoms with Crippen LogP contribution in [0.4, 0.5) is 0 Å². The summed E-state index contributed by atoms with van der Waals surface area (Å²) in [4.78, 5) is 11.4. The Balaban J connectivity index is 2.77. The fourth-order valence-electron chi connectivity index (χ4n) is 1.16. The van der Waals surface area contributed by atoms with Crippen molar-refractivity contribution in [2.24, 2.45) is 0 Å². The first kappa shape index (κ1) is 11.4. The summed E-state index contributed by atoms with van der Waals surface area (Å²) in [7, 11) is 1.56. The van der Waals surface area contributed by atoms with Gasteiger partial charge in [-0.3, -0.25) is 4.79 Å². The fraction of sp³-hybridized carbons (Fsp3) is 0.364. The van der Waals surface area contributed by atoms with E-state index in [-0.39, 0.29) is 11.7 Å². The van der Waals surface area contributed by atoms with E-state index in [0.29, 0.717) is 5.75 Å². The molecule has 2 N–H and O–H groups in total. The molecule has 0 heterocycles. The summed E-state index contributed by atoms with van der Waals surface area (Å²) < 4.78 is 5.49. The van der Waals surface area contributed by atoms with Crippen LogP contribution in [0.15, 0.2) is 24.3 Å². The molecule has 0 unspecified atom stereocenters. The molecule has 0 aliphatic heterocycles. The van der Waals surface area contributed by atoms with Crippen LogP contribution in [0.25, 0.3) is 0 Å². The van der Waals surface area contributed by atoms with Crippen LogP contribution in [0.3, 0.4) is 0 Å². The van der Waals surface area contributed by atoms with Gasteiger partial charge in [0.2, 0.25) is 0 Å². The number of hydrogen-bond acceptors (Lipinski definition) is 3. The van der Waals surface area contributed by atoms with E-state index < -0.39 is 5.60 Å². The SMILES string of the molecule is CNC(=O)C(C)(C)Oc1ccc(O)cc1. The van der Waals surface area contributed by atoms with Crippen LogP contribution in [-0.4, -0.2) is 23.7 Å². The van der Waals surface area contributed by atoms with Crippen molar-refractivity contribution in [1.82, 2.24) is 5.32 Å². The average molecular weight is 209 g/mol. The molecule has 0 aromatic heterocycles. The number of rotatable bonds is 3. The molecule has 4 nitrogen and oxygen atoms in total. The van der Waals surface area contributed by atoms with Crippen molar-refractivity contribution in [3.63, 3.8) is 0 Å². The van der Waals surface area contributed by atoms with Gasteiger partial charge in [0.25, 0.3) is 5.91 Å². The Morgan fingerprint density at radius 3 is 2.33 bits per heavy atom. The normalized spacial score (nSPS) is 10.9. The highest BCUT2D eigenvalue weighted by molar-refractivity contribution is 5.84. The lowest BCUT2D eigenvalue weighted by atomic mass is 10.1. The molecular formula is C11H15NO3. The summed E-state index contributed by atoms with van der Waals surface area (Å²) in [5.41, 5.74) is -0.925. The first-order valence-electron chi connectivity index (χ1n) is 4.66. The summed E-state index contributed by atoms with van der Waals surface area (Å²) >= 11 is 0. The van der Waals surface area contributed by atoms with Crippen LogP contribution in [0.1, 0.15) is 13.8 Å². The summed E-state index contributed by atoms with van der Waals surface area (Å²) in [5, 5.41) is 11.6. The van der Waals surface area contributed by atoms with Gasteiger partial charge in [-0.05, 0) is 38.1 Å². The zero-order valence-corrected chi connectivity index (χ0v) is 9.07. The van der Waals surface area contributed by atoms with Gasteiger partial charge >= 0.3 is 0 Å². The van der Waals surface area contributed by atoms with Crippen molar-refractivity contribution >= 4 is 5.91 Å². The Hall–Kier alpha value is -1.71. The Kier molecular flexibility index (Phi) is 3.19. The first-order chi connectivity index (χ1) is 6.95. The molecule has 1 aromatic rings. The molecule has 15 heavy (non-hydrogen) atoms. The summed E-state index contributed by atoms with van der Waals surface area (Å²) in [6.07, 6.45) is 0. The van der Waals surface area contributed by atoms with E-state index in [0.717, 1.165) is 0 Å². The first-order valence-corrected chi connectivity index (χ1v) is 4.66. The molecule has 1 aromatic carbocycles. The minimum absolute atomic E-state index is 0.167. The summed E-state index contributed by atoms with van der Waals surface area (Å²) in [6, 6.07) is 6.24. The van der Waals surface area contributed by atoms with E-state index in [4.69, 9.17) is 9.84 Å². The highest BCUT2D eigenvalue weighted by Crippen LogP contribution is 2.21. The number of ether oxygens (including phenoxy) is 1. The largest absolute Gasteiger partial charge is 0.508 e. The van der Waals surface area contributed by atoms with E-state index in [1.165, 1.54) is 12.1 Å². The van der Waals surface area contributed by atoms with Crippen molar-refractivity contribution in [2.45, 2.75) is 19.4 Å².